The van der Waals surface area contributed by atoms with Crippen molar-refractivity contribution in [3.63, 3.8) is 0 Å². The zero-order valence-electron chi connectivity index (χ0n) is 12.8. The van der Waals surface area contributed by atoms with Crippen molar-refractivity contribution in [1.82, 2.24) is 4.68 Å². The Labute approximate surface area is 142 Å². The van der Waals surface area contributed by atoms with Crippen molar-refractivity contribution < 1.29 is 4.39 Å². The Kier molecular flexibility index (Phi) is 4.83. The Morgan fingerprint density at radius 2 is 1.96 bits per heavy atom. The summed E-state index contributed by atoms with van der Waals surface area (Å²) in [5, 5.41) is 8.54. The summed E-state index contributed by atoms with van der Waals surface area (Å²) in [4.78, 5) is 6.51. The highest BCUT2D eigenvalue weighted by molar-refractivity contribution is 7.14. The van der Waals surface area contributed by atoms with Crippen LogP contribution in [0.1, 0.15) is 19.4 Å². The number of thiazole rings is 1. The molecule has 0 N–H and O–H groups in total. The van der Waals surface area contributed by atoms with Crippen molar-refractivity contribution in [2.45, 2.75) is 19.9 Å². The maximum atomic E-state index is 13.8. The molecule has 2 heterocycles. The number of hydrogen-bond acceptors (Lipinski definition) is 4. The molecular formula is C17H16FN3S2. The number of benzene rings is 1. The number of thiophene rings is 1. The van der Waals surface area contributed by atoms with Crippen molar-refractivity contribution in [2.24, 2.45) is 10.1 Å². The van der Waals surface area contributed by atoms with E-state index in [1.807, 2.05) is 36.7 Å². The second kappa shape index (κ2) is 7.02. The molecule has 0 aliphatic rings. The first-order valence-electron chi connectivity index (χ1n) is 7.22. The molecule has 0 bridgehead atoms. The van der Waals surface area contributed by atoms with E-state index in [1.54, 1.807) is 40.4 Å². The Bertz CT molecular complexity index is 873. The van der Waals surface area contributed by atoms with Crippen LogP contribution in [-0.2, 0) is 0 Å². The Balaban J connectivity index is 2.09. The van der Waals surface area contributed by atoms with Gasteiger partial charge in [-0.3, -0.25) is 4.99 Å². The van der Waals surface area contributed by atoms with Crippen LogP contribution < -0.4 is 4.80 Å². The molecule has 0 spiro atoms. The SMILES string of the molecule is CC(C)N=c1scc(-c2cccs2)n1N=Cc1ccccc1F. The average molecular weight is 345 g/mol. The van der Waals surface area contributed by atoms with E-state index in [9.17, 15) is 4.39 Å². The van der Waals surface area contributed by atoms with Gasteiger partial charge in [-0.1, -0.05) is 24.3 Å². The van der Waals surface area contributed by atoms with Crippen molar-refractivity contribution >= 4 is 28.9 Å². The van der Waals surface area contributed by atoms with Crippen LogP contribution >= 0.6 is 22.7 Å². The molecule has 1 aromatic carbocycles. The summed E-state index contributed by atoms with van der Waals surface area (Å²) in [6.45, 7) is 4.05. The fourth-order valence-corrected chi connectivity index (χ4v) is 3.78. The van der Waals surface area contributed by atoms with Crippen molar-refractivity contribution in [1.29, 1.82) is 0 Å². The maximum absolute atomic E-state index is 13.8. The van der Waals surface area contributed by atoms with Gasteiger partial charge in [-0.15, -0.1) is 22.7 Å². The minimum atomic E-state index is -0.285. The van der Waals surface area contributed by atoms with E-state index in [-0.39, 0.29) is 11.9 Å². The monoisotopic (exact) mass is 345 g/mol. The maximum Gasteiger partial charge on any atom is 0.206 e. The molecule has 0 atom stereocenters. The van der Waals surface area contributed by atoms with Gasteiger partial charge in [-0.25, -0.2) is 9.07 Å². The number of hydrogen-bond donors (Lipinski definition) is 0. The molecule has 0 radical (unpaired) electrons. The highest BCUT2D eigenvalue weighted by Gasteiger charge is 2.08. The lowest BCUT2D eigenvalue weighted by Gasteiger charge is -2.02. The molecular weight excluding hydrogens is 329 g/mol. The molecule has 3 aromatic rings. The topological polar surface area (TPSA) is 29.6 Å². The van der Waals surface area contributed by atoms with E-state index in [2.05, 4.69) is 10.1 Å². The molecule has 2 aromatic heterocycles. The standard InChI is InChI=1S/C17H16FN3S2/c1-12(2)20-17-21(15(11-23-17)16-8-5-9-22-16)19-10-13-6-3-4-7-14(13)18/h3-12H,1-2H3. The summed E-state index contributed by atoms with van der Waals surface area (Å²) >= 11 is 3.18. The molecule has 0 saturated heterocycles. The van der Waals surface area contributed by atoms with Crippen molar-refractivity contribution in [2.75, 3.05) is 0 Å². The minimum Gasteiger partial charge on any atom is -0.255 e. The first-order chi connectivity index (χ1) is 11.1. The normalized spacial score (nSPS) is 12.6. The van der Waals surface area contributed by atoms with E-state index in [4.69, 9.17) is 0 Å². The summed E-state index contributed by atoms with van der Waals surface area (Å²) in [5.74, 6) is -0.285. The van der Waals surface area contributed by atoms with Crippen molar-refractivity contribution in [3.8, 4) is 10.6 Å². The van der Waals surface area contributed by atoms with E-state index in [0.717, 1.165) is 15.4 Å². The van der Waals surface area contributed by atoms with E-state index >= 15 is 0 Å². The van der Waals surface area contributed by atoms with Crippen LogP contribution in [0, 0.1) is 5.82 Å². The number of halogens is 1. The predicted octanol–water partition coefficient (Wildman–Crippen LogP) is 4.61. The van der Waals surface area contributed by atoms with Gasteiger partial charge in [0.2, 0.25) is 4.80 Å². The van der Waals surface area contributed by atoms with Gasteiger partial charge in [0.1, 0.15) is 5.82 Å². The van der Waals surface area contributed by atoms with Gasteiger partial charge in [0, 0.05) is 17.0 Å². The van der Waals surface area contributed by atoms with Gasteiger partial charge in [0.05, 0.1) is 16.8 Å². The average Bonchev–Trinajstić information content (AvgIpc) is 3.15. The third kappa shape index (κ3) is 3.65. The Morgan fingerprint density at radius 3 is 2.65 bits per heavy atom. The van der Waals surface area contributed by atoms with Gasteiger partial charge in [0.15, 0.2) is 0 Å². The molecule has 0 aliphatic carbocycles. The largest absolute Gasteiger partial charge is 0.255 e. The summed E-state index contributed by atoms with van der Waals surface area (Å²) in [7, 11) is 0. The van der Waals surface area contributed by atoms with Crippen LogP contribution in [0.3, 0.4) is 0 Å². The van der Waals surface area contributed by atoms with Crippen LogP contribution in [0.4, 0.5) is 4.39 Å². The lowest BCUT2D eigenvalue weighted by Crippen LogP contribution is -2.14. The molecule has 6 heteroatoms. The van der Waals surface area contributed by atoms with Crippen LogP contribution in [0.15, 0.2) is 57.3 Å². The first kappa shape index (κ1) is 15.8. The zero-order valence-corrected chi connectivity index (χ0v) is 14.4. The molecule has 0 aliphatic heterocycles. The molecule has 3 rings (SSSR count). The summed E-state index contributed by atoms with van der Waals surface area (Å²) < 4.78 is 15.6. The summed E-state index contributed by atoms with van der Waals surface area (Å²) in [6.07, 6.45) is 1.54. The van der Waals surface area contributed by atoms with Crippen LogP contribution in [0.5, 0.6) is 0 Å². The quantitative estimate of drug-likeness (QED) is 0.618. The first-order valence-corrected chi connectivity index (χ1v) is 8.98. The van der Waals surface area contributed by atoms with E-state index < -0.39 is 0 Å². The van der Waals surface area contributed by atoms with Crippen molar-refractivity contribution in [3.05, 3.63) is 63.3 Å². The summed E-state index contributed by atoms with van der Waals surface area (Å²) in [6, 6.07) is 10.8. The molecule has 0 amide bonds. The second-order valence-electron chi connectivity index (χ2n) is 5.18. The third-order valence-electron chi connectivity index (χ3n) is 3.05. The fraction of sp³-hybridized carbons (Fsp3) is 0.176. The van der Waals surface area contributed by atoms with Crippen LogP contribution in [0.2, 0.25) is 0 Å². The zero-order chi connectivity index (χ0) is 16.2. The number of aromatic nitrogens is 1. The van der Waals surface area contributed by atoms with Gasteiger partial charge in [-0.05, 0) is 31.4 Å². The van der Waals surface area contributed by atoms with E-state index in [0.29, 0.717) is 5.56 Å². The Hall–Kier alpha value is -2.05. The third-order valence-corrected chi connectivity index (χ3v) is 4.77. The van der Waals surface area contributed by atoms with Gasteiger partial charge in [0.25, 0.3) is 0 Å². The molecule has 118 valence electrons. The van der Waals surface area contributed by atoms with E-state index in [1.165, 1.54) is 17.4 Å². The second-order valence-corrected chi connectivity index (χ2v) is 6.97. The van der Waals surface area contributed by atoms with Gasteiger partial charge >= 0.3 is 0 Å². The smallest absolute Gasteiger partial charge is 0.206 e. The minimum absolute atomic E-state index is 0.166. The molecule has 23 heavy (non-hydrogen) atoms. The fourth-order valence-electron chi connectivity index (χ4n) is 2.02. The number of rotatable bonds is 4. The molecule has 0 unspecified atom stereocenters. The number of nitrogens with zero attached hydrogens (tertiary/aromatic N) is 3. The lowest BCUT2D eigenvalue weighted by molar-refractivity contribution is 0.625. The molecule has 0 fully saturated rings. The predicted molar refractivity (Wildman–Crippen MR) is 95.7 cm³/mol. The lowest BCUT2D eigenvalue weighted by atomic mass is 10.2. The molecule has 3 nitrogen and oxygen atoms in total. The Morgan fingerprint density at radius 1 is 1.13 bits per heavy atom. The van der Waals surface area contributed by atoms with Gasteiger partial charge < -0.3 is 0 Å². The van der Waals surface area contributed by atoms with Crippen LogP contribution in [-0.4, -0.2) is 16.9 Å². The van der Waals surface area contributed by atoms with Gasteiger partial charge in [-0.2, -0.15) is 5.10 Å². The highest BCUT2D eigenvalue weighted by atomic mass is 32.1. The molecule has 0 saturated carbocycles. The summed E-state index contributed by atoms with van der Waals surface area (Å²) in [5.41, 5.74) is 1.43. The highest BCUT2D eigenvalue weighted by Crippen LogP contribution is 2.25. The van der Waals surface area contributed by atoms with Crippen LogP contribution in [0.25, 0.3) is 10.6 Å².